The first kappa shape index (κ1) is 15.5. The van der Waals surface area contributed by atoms with E-state index in [4.69, 9.17) is 10.1 Å². The summed E-state index contributed by atoms with van der Waals surface area (Å²) < 4.78 is 0.173. The van der Waals surface area contributed by atoms with Crippen LogP contribution in [0.25, 0.3) is 0 Å². The van der Waals surface area contributed by atoms with Crippen LogP contribution in [0.2, 0.25) is 0 Å². The van der Waals surface area contributed by atoms with Gasteiger partial charge in [0.05, 0.1) is 0 Å². The van der Waals surface area contributed by atoms with E-state index in [0.29, 0.717) is 0 Å². The number of carbonyl (C=O) groups excluding carboxylic acids is 1. The van der Waals surface area contributed by atoms with Crippen molar-refractivity contribution in [1.29, 1.82) is 0 Å². The molecule has 0 aliphatic heterocycles. The molecule has 16 heavy (non-hydrogen) atoms. The van der Waals surface area contributed by atoms with Crippen molar-refractivity contribution >= 4 is 55.7 Å². The number of allylic oxidation sites excluding steroid dienone is 4. The molecule has 0 aromatic heterocycles. The molecule has 1 aliphatic carbocycles. The Kier molecular flexibility index (Phi) is 4.66. The Hall–Kier alpha value is 1.41. The average molecular weight is 511 g/mol. The van der Waals surface area contributed by atoms with E-state index in [2.05, 4.69) is 54.7 Å². The summed E-state index contributed by atoms with van der Waals surface area (Å²) in [6, 6.07) is 0. The first-order chi connectivity index (χ1) is 7.04. The van der Waals surface area contributed by atoms with Crippen molar-refractivity contribution in [2.45, 2.75) is 34.6 Å². The van der Waals surface area contributed by atoms with Gasteiger partial charge in [-0.05, 0) is 0 Å². The summed E-state index contributed by atoms with van der Waals surface area (Å²) in [5.41, 5.74) is 4.32. The molecule has 96 valence electrons. The van der Waals surface area contributed by atoms with E-state index in [1.807, 2.05) is 20.8 Å². The Balaban J connectivity index is 3.39. The zero-order valence-corrected chi connectivity index (χ0v) is 16.0. The summed E-state index contributed by atoms with van der Waals surface area (Å²) in [5, 5.41) is -2.03. The van der Waals surface area contributed by atoms with Crippen LogP contribution in [0.4, 0.5) is 0 Å². The summed E-state index contributed by atoms with van der Waals surface area (Å²) in [4.78, 5) is 12.5. The van der Waals surface area contributed by atoms with Crippen molar-refractivity contribution in [2.24, 2.45) is 5.41 Å². The molecule has 0 heterocycles. The fraction of sp³-hybridized carbons (Fsp3) is 0.545. The number of hydrogen-bond donors (Lipinski definition) is 0. The molecular formula is C11H15ClCoI2O-. The molecule has 0 bridgehead atoms. The van der Waals surface area contributed by atoms with E-state index in [-0.39, 0.29) is 4.72 Å². The van der Waals surface area contributed by atoms with E-state index < -0.39 is 10.7 Å². The molecule has 1 rings (SSSR count). The van der Waals surface area contributed by atoms with Gasteiger partial charge in [0.2, 0.25) is 0 Å². The minimum atomic E-state index is -2.03. The maximum atomic E-state index is 12.5. The zero-order chi connectivity index (χ0) is 12.9. The molecule has 0 amide bonds. The molecule has 0 atom stereocenters. The van der Waals surface area contributed by atoms with Crippen LogP contribution in [0.5, 0.6) is 0 Å². The van der Waals surface area contributed by atoms with E-state index in [1.165, 1.54) is 11.1 Å². The Labute approximate surface area is 126 Å². The fourth-order valence-corrected chi connectivity index (χ4v) is 6.53. The van der Waals surface area contributed by atoms with Crippen molar-refractivity contribution in [2.75, 3.05) is 0 Å². The summed E-state index contributed by atoms with van der Waals surface area (Å²) in [6.45, 7) is 10.3. The van der Waals surface area contributed by atoms with Crippen molar-refractivity contribution < 1.29 is 10.1 Å². The standard InChI is InChI=1S/C11H15O.ClH.Co.2HI/c1-7-8(2)10(4)11(5,6-12)9(7)3;;;;/h1-5H3;1H;;2*1H/q;;+2;;/p-3. The normalized spacial score (nSPS) is 21.8. The minimum absolute atomic E-state index is 0.173. The van der Waals surface area contributed by atoms with Crippen molar-refractivity contribution in [3.63, 3.8) is 0 Å². The predicted octanol–water partition coefficient (Wildman–Crippen LogP) is 5.21. The van der Waals surface area contributed by atoms with Gasteiger partial charge in [0.15, 0.2) is 0 Å². The molecule has 1 aliphatic rings. The van der Waals surface area contributed by atoms with Gasteiger partial charge in [-0.2, -0.15) is 0 Å². The van der Waals surface area contributed by atoms with E-state index in [1.54, 1.807) is 0 Å². The van der Waals surface area contributed by atoms with Gasteiger partial charge in [-0.3, -0.25) is 0 Å². The van der Waals surface area contributed by atoms with Crippen LogP contribution in [0.1, 0.15) is 34.6 Å². The van der Waals surface area contributed by atoms with Crippen LogP contribution in [0, 0.1) is 5.41 Å². The molecule has 0 saturated heterocycles. The fourth-order valence-electron chi connectivity index (χ4n) is 2.06. The zero-order valence-electron chi connectivity index (χ0n) is 9.88. The molecule has 5 heteroatoms. The molecule has 0 spiro atoms. The Bertz CT molecular complexity index is 394. The quantitative estimate of drug-likeness (QED) is 0.465. The summed E-state index contributed by atoms with van der Waals surface area (Å²) in [5.74, 6) is 0. The first-order valence-electron chi connectivity index (χ1n) is 4.75. The Morgan fingerprint density at radius 2 is 1.44 bits per heavy atom. The number of carbonyl (C=O) groups is 1. The SMILES string of the molecule is CC1=C(C)C(C)([C](=O)[Co-]([Cl])([I])[I])C(C)=C1C. The molecule has 0 aromatic carbocycles. The summed E-state index contributed by atoms with van der Waals surface area (Å²) in [7, 11) is 6.27. The van der Waals surface area contributed by atoms with Crippen molar-refractivity contribution in [1.82, 2.24) is 0 Å². The predicted molar refractivity (Wildman–Crippen MR) is 83.8 cm³/mol. The van der Waals surface area contributed by atoms with Crippen LogP contribution < -0.4 is 0 Å². The van der Waals surface area contributed by atoms with Crippen LogP contribution >= 0.6 is 51.0 Å². The first-order valence-corrected chi connectivity index (χ1v) is 13.4. The monoisotopic (exact) mass is 511 g/mol. The molecule has 0 N–H and O–H groups in total. The van der Waals surface area contributed by atoms with Gasteiger partial charge < -0.3 is 0 Å². The molecule has 0 radical (unpaired) electrons. The van der Waals surface area contributed by atoms with Gasteiger partial charge in [-0.1, -0.05) is 0 Å². The van der Waals surface area contributed by atoms with Crippen LogP contribution in [-0.4, -0.2) is 4.72 Å². The van der Waals surface area contributed by atoms with Gasteiger partial charge in [0.1, 0.15) is 0 Å². The van der Waals surface area contributed by atoms with Crippen LogP contribution in [-0.2, 0) is 10.1 Å². The van der Waals surface area contributed by atoms with Gasteiger partial charge in [0.25, 0.3) is 0 Å². The van der Waals surface area contributed by atoms with Gasteiger partial charge in [-0.25, -0.2) is 0 Å². The number of halogens is 3. The number of hydrogen-bond acceptors (Lipinski definition) is 1. The third-order valence-electron chi connectivity index (χ3n) is 3.73. The van der Waals surface area contributed by atoms with Crippen molar-refractivity contribution in [3.8, 4) is 0 Å². The summed E-state index contributed by atoms with van der Waals surface area (Å²) >= 11 is 4.21. The topological polar surface area (TPSA) is 17.1 Å². The van der Waals surface area contributed by atoms with Gasteiger partial charge >= 0.3 is 128 Å². The molecule has 0 saturated carbocycles. The molecular weight excluding hydrogens is 496 g/mol. The second-order valence-corrected chi connectivity index (χ2v) is 25.4. The van der Waals surface area contributed by atoms with E-state index in [0.717, 1.165) is 11.1 Å². The van der Waals surface area contributed by atoms with Crippen molar-refractivity contribution in [3.05, 3.63) is 22.3 Å². The van der Waals surface area contributed by atoms with Gasteiger partial charge in [0, 0.05) is 0 Å². The number of rotatable bonds is 2. The molecule has 0 aromatic rings. The molecule has 0 fully saturated rings. The Morgan fingerprint density at radius 1 is 1.12 bits per heavy atom. The molecule has 1 nitrogen and oxygen atoms in total. The molecule has 0 unspecified atom stereocenters. The van der Waals surface area contributed by atoms with Gasteiger partial charge in [-0.15, -0.1) is 0 Å². The third kappa shape index (κ3) is 2.29. The van der Waals surface area contributed by atoms with Crippen LogP contribution in [0.15, 0.2) is 22.3 Å². The second-order valence-electron chi connectivity index (χ2n) is 4.21. The second kappa shape index (κ2) is 4.83. The van der Waals surface area contributed by atoms with E-state index >= 15 is 0 Å². The average Bonchev–Trinajstić information content (AvgIpc) is 2.33. The third-order valence-corrected chi connectivity index (χ3v) is 7.95. The van der Waals surface area contributed by atoms with Crippen LogP contribution in [0.3, 0.4) is 0 Å². The summed E-state index contributed by atoms with van der Waals surface area (Å²) in [6.07, 6.45) is 0. The Morgan fingerprint density at radius 3 is 1.69 bits per heavy atom. The van der Waals surface area contributed by atoms with E-state index in [9.17, 15) is 4.79 Å². The maximum absolute atomic E-state index is 12.5.